The summed E-state index contributed by atoms with van der Waals surface area (Å²) in [6.45, 7) is 0.709. The fraction of sp³-hybridized carbons (Fsp3) is 0.211. The van der Waals surface area contributed by atoms with Gasteiger partial charge < -0.3 is 5.11 Å². The van der Waals surface area contributed by atoms with E-state index in [0.717, 1.165) is 0 Å². The average Bonchev–Trinajstić information content (AvgIpc) is 3.01. The molecule has 19 heteroatoms. The van der Waals surface area contributed by atoms with E-state index in [2.05, 4.69) is 10.1 Å². The maximum absolute atomic E-state index is 14.4. The van der Waals surface area contributed by atoms with Crippen LogP contribution >= 0.6 is 0 Å². The number of aromatic nitrogens is 3. The second-order valence-corrected chi connectivity index (χ2v) is 7.13. The van der Waals surface area contributed by atoms with Gasteiger partial charge in [0.05, 0.1) is 16.8 Å². The molecule has 2 aromatic heterocycles. The number of alkyl halides is 9. The van der Waals surface area contributed by atoms with Crippen LogP contribution in [0.5, 0.6) is 5.88 Å². The molecule has 207 valence electrons. The van der Waals surface area contributed by atoms with E-state index >= 15 is 0 Å². The molecule has 38 heavy (non-hydrogen) atoms. The standard InChI is InChI=1S/C19H6F13N3O2.Mn/c1-4-8(13(36)5-2-6(17(24,25)26)9(20)7(3-5)18(27,28)29)16(37)35(34-4)12-10(21)14(19(30,31)32)33-15(23)11(12)22;/h2-3,37H,1H3;. The van der Waals surface area contributed by atoms with Gasteiger partial charge in [-0.15, -0.1) is 0 Å². The molecule has 0 spiro atoms. The number of halogens is 13. The number of carbonyl (C=O) groups is 1. The predicted octanol–water partition coefficient (Wildman–Crippen LogP) is 6.12. The number of rotatable bonds is 3. The second-order valence-electron chi connectivity index (χ2n) is 7.13. The van der Waals surface area contributed by atoms with Gasteiger partial charge in [-0.3, -0.25) is 4.79 Å². The minimum absolute atomic E-state index is 0. The zero-order chi connectivity index (χ0) is 28.4. The molecule has 0 aliphatic carbocycles. The normalized spacial score (nSPS) is 12.5. The number of ketones is 1. The van der Waals surface area contributed by atoms with Crippen LogP contribution < -0.4 is 0 Å². The molecule has 0 fully saturated rings. The van der Waals surface area contributed by atoms with Gasteiger partial charge in [-0.25, -0.2) is 13.8 Å². The van der Waals surface area contributed by atoms with Gasteiger partial charge in [0.1, 0.15) is 17.1 Å². The Bertz CT molecular complexity index is 1390. The van der Waals surface area contributed by atoms with E-state index in [9.17, 15) is 67.0 Å². The summed E-state index contributed by atoms with van der Waals surface area (Å²) in [6, 6.07) is -0.726. The SMILES string of the molecule is Cc1nn(-c2c(F)c(F)nc(C(F)(F)F)c2F)c(O)c1C(=O)c1cc(C(F)(F)F)c(F)c(C(F)(F)F)c1.[Mn]. The third kappa shape index (κ3) is 5.29. The number of hydrogen-bond donors (Lipinski definition) is 1. The molecule has 0 amide bonds. The molecule has 5 nitrogen and oxygen atoms in total. The number of carbonyl (C=O) groups excluding carboxylic acids is 1. The van der Waals surface area contributed by atoms with Crippen LogP contribution in [0.2, 0.25) is 0 Å². The fourth-order valence-corrected chi connectivity index (χ4v) is 3.13. The summed E-state index contributed by atoms with van der Waals surface area (Å²) in [6.07, 6.45) is -17.2. The minimum atomic E-state index is -5.75. The third-order valence-electron chi connectivity index (χ3n) is 4.70. The largest absolute Gasteiger partial charge is 0.493 e. The Labute approximate surface area is 211 Å². The van der Waals surface area contributed by atoms with Crippen molar-refractivity contribution in [3.8, 4) is 11.6 Å². The van der Waals surface area contributed by atoms with Gasteiger partial charge in [0, 0.05) is 22.6 Å². The van der Waals surface area contributed by atoms with E-state index in [1.54, 1.807) is 0 Å². The van der Waals surface area contributed by atoms with E-state index in [4.69, 9.17) is 0 Å². The Morgan fingerprint density at radius 3 is 1.71 bits per heavy atom. The van der Waals surface area contributed by atoms with E-state index in [1.165, 1.54) is 0 Å². The molecule has 0 aliphatic rings. The van der Waals surface area contributed by atoms with Gasteiger partial charge in [-0.2, -0.15) is 58.1 Å². The van der Waals surface area contributed by atoms with Crippen molar-refractivity contribution in [2.24, 2.45) is 0 Å². The molecule has 0 unspecified atom stereocenters. The van der Waals surface area contributed by atoms with Gasteiger partial charge >= 0.3 is 18.5 Å². The first kappa shape index (κ1) is 30.9. The quantitative estimate of drug-likeness (QED) is 0.168. The Morgan fingerprint density at radius 1 is 0.816 bits per heavy atom. The van der Waals surface area contributed by atoms with Gasteiger partial charge in [-0.1, -0.05) is 0 Å². The van der Waals surface area contributed by atoms with Crippen LogP contribution in [0.4, 0.5) is 57.1 Å². The zero-order valence-electron chi connectivity index (χ0n) is 17.6. The topological polar surface area (TPSA) is 68.0 Å². The number of aryl methyl sites for hydroxylation is 1. The molecule has 3 rings (SSSR count). The van der Waals surface area contributed by atoms with Crippen LogP contribution in [0.15, 0.2) is 12.1 Å². The van der Waals surface area contributed by atoms with E-state index in [1.807, 2.05) is 0 Å². The molecule has 0 saturated heterocycles. The third-order valence-corrected chi connectivity index (χ3v) is 4.70. The molecule has 2 heterocycles. The monoisotopic (exact) mass is 610 g/mol. The van der Waals surface area contributed by atoms with Crippen LogP contribution in [-0.4, -0.2) is 25.7 Å². The molecule has 1 radical (unpaired) electrons. The van der Waals surface area contributed by atoms with Crippen molar-refractivity contribution in [1.82, 2.24) is 14.8 Å². The Morgan fingerprint density at radius 2 is 1.29 bits per heavy atom. The summed E-state index contributed by atoms with van der Waals surface area (Å²) < 4.78 is 173. The zero-order valence-corrected chi connectivity index (χ0v) is 18.8. The van der Waals surface area contributed by atoms with Crippen molar-refractivity contribution in [1.29, 1.82) is 0 Å². The minimum Gasteiger partial charge on any atom is -0.493 e. The van der Waals surface area contributed by atoms with Crippen molar-refractivity contribution in [2.45, 2.75) is 25.5 Å². The number of hydrogen-bond acceptors (Lipinski definition) is 4. The maximum Gasteiger partial charge on any atom is 0.436 e. The molecule has 0 aliphatic heterocycles. The molecule has 1 aromatic carbocycles. The predicted molar refractivity (Wildman–Crippen MR) is 92.5 cm³/mol. The Hall–Kier alpha value is -3.34. The first-order chi connectivity index (χ1) is 16.7. The van der Waals surface area contributed by atoms with Gasteiger partial charge in [0.2, 0.25) is 11.7 Å². The van der Waals surface area contributed by atoms with Crippen molar-refractivity contribution < 1.29 is 84.0 Å². The smallest absolute Gasteiger partial charge is 0.436 e. The summed E-state index contributed by atoms with van der Waals surface area (Å²) in [5.74, 6) is -14.2. The number of nitrogens with zero attached hydrogens (tertiary/aromatic N) is 3. The Balaban J connectivity index is 0.00000507. The van der Waals surface area contributed by atoms with Crippen LogP contribution in [0.3, 0.4) is 0 Å². The van der Waals surface area contributed by atoms with E-state index < -0.39 is 97.6 Å². The molecule has 1 N–H and O–H groups in total. The Kier molecular flexibility index (Phi) is 7.93. The summed E-state index contributed by atoms with van der Waals surface area (Å²) in [5.41, 5.74) is -13.6. The van der Waals surface area contributed by atoms with Crippen molar-refractivity contribution in [3.05, 3.63) is 69.2 Å². The fourth-order valence-electron chi connectivity index (χ4n) is 3.13. The second kappa shape index (κ2) is 9.76. The van der Waals surface area contributed by atoms with Gasteiger partial charge in [0.25, 0.3) is 5.95 Å². The molecule has 0 atom stereocenters. The summed E-state index contributed by atoms with van der Waals surface area (Å²) in [5, 5.41) is 13.4. The van der Waals surface area contributed by atoms with Crippen LogP contribution in [0.25, 0.3) is 5.69 Å². The van der Waals surface area contributed by atoms with Crippen molar-refractivity contribution in [3.63, 3.8) is 0 Å². The van der Waals surface area contributed by atoms with E-state index in [0.29, 0.717) is 6.92 Å². The summed E-state index contributed by atoms with van der Waals surface area (Å²) >= 11 is 0. The first-order valence-electron chi connectivity index (χ1n) is 9.11. The van der Waals surface area contributed by atoms with Crippen LogP contribution in [0.1, 0.15) is 38.4 Å². The van der Waals surface area contributed by atoms with Crippen LogP contribution in [-0.2, 0) is 35.6 Å². The summed E-state index contributed by atoms with van der Waals surface area (Å²) in [4.78, 5) is 14.8. The number of aromatic hydroxyl groups is 1. The first-order valence-corrected chi connectivity index (χ1v) is 9.11. The molecular formula is C19H6F13MnN3O2. The molecule has 0 saturated carbocycles. The average molecular weight is 610 g/mol. The molecular weight excluding hydrogens is 604 g/mol. The molecule has 0 bridgehead atoms. The van der Waals surface area contributed by atoms with Crippen molar-refractivity contribution >= 4 is 5.78 Å². The summed E-state index contributed by atoms with van der Waals surface area (Å²) in [7, 11) is 0. The van der Waals surface area contributed by atoms with Crippen molar-refractivity contribution in [2.75, 3.05) is 0 Å². The number of pyridine rings is 1. The molecule has 3 aromatic rings. The number of benzene rings is 1. The van der Waals surface area contributed by atoms with E-state index in [-0.39, 0.29) is 29.2 Å². The maximum atomic E-state index is 14.4. The van der Waals surface area contributed by atoms with Gasteiger partial charge in [0.15, 0.2) is 17.3 Å². The van der Waals surface area contributed by atoms with Crippen LogP contribution in [0, 0.1) is 30.3 Å². The van der Waals surface area contributed by atoms with Gasteiger partial charge in [-0.05, 0) is 19.1 Å².